The summed E-state index contributed by atoms with van der Waals surface area (Å²) in [5, 5.41) is 0. The molecular weight excluding hydrogens is 322 g/mol. The van der Waals surface area contributed by atoms with Gasteiger partial charge in [0.2, 0.25) is 5.88 Å². The summed E-state index contributed by atoms with van der Waals surface area (Å²) in [5.74, 6) is 1.14. The minimum absolute atomic E-state index is 0.370. The van der Waals surface area contributed by atoms with E-state index in [1.807, 2.05) is 27.7 Å². The summed E-state index contributed by atoms with van der Waals surface area (Å²) in [6.45, 7) is 12.3. The highest BCUT2D eigenvalue weighted by Gasteiger charge is 2.32. The first kappa shape index (κ1) is 19.0. The molecule has 1 aliphatic heterocycles. The van der Waals surface area contributed by atoms with Gasteiger partial charge in [0.25, 0.3) is 0 Å². The van der Waals surface area contributed by atoms with Gasteiger partial charge in [-0.25, -0.2) is 9.78 Å². The highest BCUT2D eigenvalue weighted by molar-refractivity contribution is 5.68. The molecule has 2 heterocycles. The number of nitrogens with zero attached hydrogens (tertiary/aromatic N) is 3. The van der Waals surface area contributed by atoms with E-state index in [0.717, 1.165) is 19.3 Å². The van der Waals surface area contributed by atoms with E-state index in [4.69, 9.17) is 14.2 Å². The second-order valence-electron chi connectivity index (χ2n) is 6.82. The van der Waals surface area contributed by atoms with Crippen LogP contribution in [-0.4, -0.2) is 45.9 Å². The number of likely N-dealkylation sites (tertiary alicyclic amines) is 1. The summed E-state index contributed by atoms with van der Waals surface area (Å²) >= 11 is 0. The van der Waals surface area contributed by atoms with Crippen LogP contribution in [0.4, 0.5) is 4.79 Å². The first-order chi connectivity index (χ1) is 11.8. The fourth-order valence-corrected chi connectivity index (χ4v) is 2.47. The highest BCUT2D eigenvalue weighted by atomic mass is 16.6. The van der Waals surface area contributed by atoms with E-state index in [2.05, 4.69) is 16.5 Å². The number of ether oxygens (including phenoxy) is 3. The molecule has 1 aromatic heterocycles. The molecular formula is C18H27N3O4. The van der Waals surface area contributed by atoms with Crippen LogP contribution in [0, 0.1) is 0 Å². The van der Waals surface area contributed by atoms with Crippen molar-refractivity contribution in [1.82, 2.24) is 14.9 Å². The SMILES string of the molecule is C=C(OCC)c1nccc(OC2CCCCN2C(=O)OC(C)(C)C)n1. The molecule has 0 N–H and O–H groups in total. The van der Waals surface area contributed by atoms with Gasteiger partial charge in [0, 0.05) is 25.2 Å². The van der Waals surface area contributed by atoms with E-state index in [-0.39, 0.29) is 6.09 Å². The molecule has 1 aliphatic rings. The number of hydrogen-bond donors (Lipinski definition) is 0. The Labute approximate surface area is 149 Å². The molecule has 1 aromatic rings. The summed E-state index contributed by atoms with van der Waals surface area (Å²) in [6.07, 6.45) is 3.44. The van der Waals surface area contributed by atoms with Crippen LogP contribution in [0.5, 0.6) is 5.88 Å². The zero-order chi connectivity index (χ0) is 18.4. The molecule has 7 nitrogen and oxygen atoms in total. The third-order valence-corrected chi connectivity index (χ3v) is 3.53. The first-order valence-corrected chi connectivity index (χ1v) is 8.61. The molecule has 1 fully saturated rings. The van der Waals surface area contributed by atoms with Crippen LogP contribution in [0.25, 0.3) is 5.76 Å². The van der Waals surface area contributed by atoms with Gasteiger partial charge >= 0.3 is 6.09 Å². The van der Waals surface area contributed by atoms with Crippen molar-refractivity contribution in [2.75, 3.05) is 13.2 Å². The molecule has 1 saturated heterocycles. The Morgan fingerprint density at radius 1 is 1.40 bits per heavy atom. The number of amides is 1. The standard InChI is InChI=1S/C18H27N3O4/c1-6-23-13(2)16-19-11-10-14(20-16)24-15-9-7-8-12-21(15)17(22)25-18(3,4)5/h10-11,15H,2,6-9,12H2,1,3-5H3. The van der Waals surface area contributed by atoms with Gasteiger partial charge in [0.1, 0.15) is 5.60 Å². The Kier molecular flexibility index (Phi) is 6.22. The molecule has 2 rings (SSSR count). The van der Waals surface area contributed by atoms with E-state index >= 15 is 0 Å². The summed E-state index contributed by atoms with van der Waals surface area (Å²) in [6, 6.07) is 1.66. The molecule has 0 saturated carbocycles. The van der Waals surface area contributed by atoms with Gasteiger partial charge in [-0.15, -0.1) is 0 Å². The van der Waals surface area contributed by atoms with Gasteiger partial charge in [-0.05, 0) is 40.5 Å². The Morgan fingerprint density at radius 3 is 2.84 bits per heavy atom. The third kappa shape index (κ3) is 5.62. The summed E-state index contributed by atoms with van der Waals surface area (Å²) in [4.78, 5) is 22.5. The van der Waals surface area contributed by atoms with Crippen LogP contribution in [-0.2, 0) is 9.47 Å². The number of aromatic nitrogens is 2. The largest absolute Gasteiger partial charge is 0.491 e. The van der Waals surface area contributed by atoms with Crippen molar-refractivity contribution in [3.8, 4) is 5.88 Å². The maximum atomic E-state index is 12.4. The molecule has 138 valence electrons. The van der Waals surface area contributed by atoms with Crippen molar-refractivity contribution in [1.29, 1.82) is 0 Å². The molecule has 7 heteroatoms. The lowest BCUT2D eigenvalue weighted by Crippen LogP contribution is -2.48. The molecule has 0 aromatic carbocycles. The second-order valence-corrected chi connectivity index (χ2v) is 6.82. The molecule has 1 atom stereocenters. The Bertz CT molecular complexity index is 613. The van der Waals surface area contributed by atoms with E-state index < -0.39 is 11.8 Å². The smallest absolute Gasteiger partial charge is 0.413 e. The second kappa shape index (κ2) is 8.18. The fraction of sp³-hybridized carbons (Fsp3) is 0.611. The Hall–Kier alpha value is -2.31. The number of piperidine rings is 1. The van der Waals surface area contributed by atoms with Gasteiger partial charge < -0.3 is 14.2 Å². The maximum Gasteiger partial charge on any atom is 0.413 e. The van der Waals surface area contributed by atoms with Gasteiger partial charge in [-0.2, -0.15) is 4.98 Å². The maximum absolute atomic E-state index is 12.4. The average Bonchev–Trinajstić information content (AvgIpc) is 2.54. The lowest BCUT2D eigenvalue weighted by Gasteiger charge is -2.36. The normalized spacial score (nSPS) is 17.8. The van der Waals surface area contributed by atoms with Crippen LogP contribution < -0.4 is 4.74 Å². The monoisotopic (exact) mass is 349 g/mol. The van der Waals surface area contributed by atoms with Gasteiger partial charge in [0.05, 0.1) is 6.61 Å². The molecule has 0 aliphatic carbocycles. The predicted octanol–water partition coefficient (Wildman–Crippen LogP) is 3.61. The number of carbonyl (C=O) groups is 1. The Morgan fingerprint density at radius 2 is 2.16 bits per heavy atom. The van der Waals surface area contributed by atoms with Crippen molar-refractivity contribution in [3.63, 3.8) is 0 Å². The van der Waals surface area contributed by atoms with E-state index in [0.29, 0.717) is 30.6 Å². The molecule has 0 bridgehead atoms. The summed E-state index contributed by atoms with van der Waals surface area (Å²) in [7, 11) is 0. The summed E-state index contributed by atoms with van der Waals surface area (Å²) < 4.78 is 16.8. The third-order valence-electron chi connectivity index (χ3n) is 3.53. The zero-order valence-corrected chi connectivity index (χ0v) is 15.4. The van der Waals surface area contributed by atoms with Crippen LogP contribution in [0.15, 0.2) is 18.8 Å². The summed E-state index contributed by atoms with van der Waals surface area (Å²) in [5.41, 5.74) is -0.545. The molecule has 0 spiro atoms. The quantitative estimate of drug-likeness (QED) is 0.756. The number of rotatable bonds is 5. The van der Waals surface area contributed by atoms with Crippen molar-refractivity contribution < 1.29 is 19.0 Å². The highest BCUT2D eigenvalue weighted by Crippen LogP contribution is 2.23. The Balaban J connectivity index is 2.09. The van der Waals surface area contributed by atoms with Crippen LogP contribution in [0.2, 0.25) is 0 Å². The van der Waals surface area contributed by atoms with Crippen molar-refractivity contribution >= 4 is 11.9 Å². The lowest BCUT2D eigenvalue weighted by atomic mass is 10.1. The topological polar surface area (TPSA) is 73.8 Å². The van der Waals surface area contributed by atoms with E-state index in [1.54, 1.807) is 17.2 Å². The minimum Gasteiger partial charge on any atom is -0.491 e. The van der Waals surface area contributed by atoms with Gasteiger partial charge in [-0.1, -0.05) is 6.58 Å². The molecule has 1 amide bonds. The predicted molar refractivity (Wildman–Crippen MR) is 93.9 cm³/mol. The zero-order valence-electron chi connectivity index (χ0n) is 15.4. The molecule has 25 heavy (non-hydrogen) atoms. The van der Waals surface area contributed by atoms with Crippen LogP contribution in [0.1, 0.15) is 52.8 Å². The van der Waals surface area contributed by atoms with Crippen molar-refractivity contribution in [2.45, 2.75) is 58.8 Å². The minimum atomic E-state index is -0.545. The van der Waals surface area contributed by atoms with Gasteiger partial charge in [0.15, 0.2) is 17.8 Å². The number of hydrogen-bond acceptors (Lipinski definition) is 6. The lowest BCUT2D eigenvalue weighted by molar-refractivity contribution is -0.0356. The first-order valence-electron chi connectivity index (χ1n) is 8.61. The average molecular weight is 349 g/mol. The van der Waals surface area contributed by atoms with Gasteiger partial charge in [-0.3, -0.25) is 4.90 Å². The fourth-order valence-electron chi connectivity index (χ4n) is 2.47. The molecule has 0 radical (unpaired) electrons. The van der Waals surface area contributed by atoms with Crippen molar-refractivity contribution in [2.24, 2.45) is 0 Å². The van der Waals surface area contributed by atoms with Crippen LogP contribution in [0.3, 0.4) is 0 Å². The number of carbonyl (C=O) groups excluding carboxylic acids is 1. The molecule has 1 unspecified atom stereocenters. The van der Waals surface area contributed by atoms with E-state index in [1.165, 1.54) is 0 Å². The van der Waals surface area contributed by atoms with E-state index in [9.17, 15) is 4.79 Å². The van der Waals surface area contributed by atoms with Crippen LogP contribution >= 0.6 is 0 Å². The van der Waals surface area contributed by atoms with Crippen molar-refractivity contribution in [3.05, 3.63) is 24.7 Å².